The molecule has 0 aromatic heterocycles. The molecule has 0 spiro atoms. The number of nitrogens with two attached hydrogens (primary N) is 1. The van der Waals surface area contributed by atoms with Crippen molar-refractivity contribution in [3.63, 3.8) is 0 Å². The van der Waals surface area contributed by atoms with Crippen molar-refractivity contribution in [2.75, 3.05) is 30.7 Å². The Balaban J connectivity index is 2.03. The average Bonchev–Trinajstić information content (AvgIpc) is 2.78. The van der Waals surface area contributed by atoms with Crippen LogP contribution in [0.25, 0.3) is 0 Å². The molecule has 1 aromatic rings. The highest BCUT2D eigenvalue weighted by molar-refractivity contribution is 5.96. The zero-order valence-corrected chi connectivity index (χ0v) is 12.5. The number of carbonyl (C=O) groups is 1. The number of anilines is 2. The number of carbonyl (C=O) groups excluding carboxylic acids is 1. The molecule has 21 heavy (non-hydrogen) atoms. The molecule has 1 fully saturated rings. The molecule has 1 aliphatic heterocycles. The molecule has 2 atom stereocenters. The van der Waals surface area contributed by atoms with Crippen LogP contribution in [-0.4, -0.2) is 42.4 Å². The van der Waals surface area contributed by atoms with Gasteiger partial charge in [0.05, 0.1) is 17.5 Å². The van der Waals surface area contributed by atoms with Crippen molar-refractivity contribution in [3.8, 4) is 0 Å². The van der Waals surface area contributed by atoms with Crippen LogP contribution in [0.15, 0.2) is 18.2 Å². The largest absolute Gasteiger partial charge is 0.397 e. The van der Waals surface area contributed by atoms with Crippen LogP contribution in [-0.2, 0) is 4.74 Å². The van der Waals surface area contributed by atoms with E-state index < -0.39 is 5.60 Å². The maximum atomic E-state index is 11.7. The first-order valence-corrected chi connectivity index (χ1v) is 7.22. The standard InChI is InChI=1S/C15H23N3O3/c1-3-17-14(19)11-4-5-13(12(16)8-11)18-9-15(20)6-7-21-10(15)2/h4-5,8,10,18,20H,3,6-7,9,16H2,1-2H3,(H,17,19). The fourth-order valence-corrected chi connectivity index (χ4v) is 2.38. The fraction of sp³-hybridized carbons (Fsp3) is 0.533. The van der Waals surface area contributed by atoms with Gasteiger partial charge in [-0.25, -0.2) is 0 Å². The van der Waals surface area contributed by atoms with Gasteiger partial charge in [-0.3, -0.25) is 4.79 Å². The predicted octanol–water partition coefficient (Wildman–Crippen LogP) is 0.970. The van der Waals surface area contributed by atoms with Gasteiger partial charge in [-0.15, -0.1) is 0 Å². The van der Waals surface area contributed by atoms with E-state index in [2.05, 4.69) is 10.6 Å². The lowest BCUT2D eigenvalue weighted by Crippen LogP contribution is -2.43. The zero-order chi connectivity index (χ0) is 15.5. The van der Waals surface area contributed by atoms with E-state index in [0.717, 1.165) is 0 Å². The van der Waals surface area contributed by atoms with Gasteiger partial charge in [0, 0.05) is 31.7 Å². The normalized spacial score (nSPS) is 24.8. The Bertz CT molecular complexity index is 521. The van der Waals surface area contributed by atoms with E-state index in [1.54, 1.807) is 18.2 Å². The summed E-state index contributed by atoms with van der Waals surface area (Å²) in [6, 6.07) is 5.10. The summed E-state index contributed by atoms with van der Waals surface area (Å²) in [6.45, 7) is 5.21. The average molecular weight is 293 g/mol. The van der Waals surface area contributed by atoms with E-state index in [0.29, 0.717) is 43.1 Å². The Hall–Kier alpha value is -1.79. The maximum absolute atomic E-state index is 11.7. The molecule has 116 valence electrons. The molecule has 6 heteroatoms. The Morgan fingerprint density at radius 3 is 2.90 bits per heavy atom. The van der Waals surface area contributed by atoms with Gasteiger partial charge in [0.25, 0.3) is 5.91 Å². The smallest absolute Gasteiger partial charge is 0.251 e. The molecule has 0 aliphatic carbocycles. The summed E-state index contributed by atoms with van der Waals surface area (Å²) in [6.07, 6.45) is 0.388. The second-order valence-corrected chi connectivity index (χ2v) is 5.38. The number of hydrogen-bond donors (Lipinski definition) is 4. The molecule has 1 amide bonds. The van der Waals surface area contributed by atoms with Gasteiger partial charge in [0.1, 0.15) is 5.60 Å². The second-order valence-electron chi connectivity index (χ2n) is 5.38. The van der Waals surface area contributed by atoms with Gasteiger partial charge < -0.3 is 26.2 Å². The Morgan fingerprint density at radius 1 is 1.57 bits per heavy atom. The topological polar surface area (TPSA) is 96.6 Å². The molecule has 0 radical (unpaired) electrons. The zero-order valence-electron chi connectivity index (χ0n) is 12.5. The predicted molar refractivity (Wildman–Crippen MR) is 82.3 cm³/mol. The van der Waals surface area contributed by atoms with Gasteiger partial charge >= 0.3 is 0 Å². The first-order chi connectivity index (χ1) is 9.96. The molecular formula is C15H23N3O3. The minimum atomic E-state index is -0.884. The molecule has 0 bridgehead atoms. The Morgan fingerprint density at radius 2 is 2.33 bits per heavy atom. The molecule has 2 rings (SSSR count). The Kier molecular flexibility index (Phi) is 4.69. The van der Waals surface area contributed by atoms with E-state index in [4.69, 9.17) is 10.5 Å². The van der Waals surface area contributed by atoms with Gasteiger partial charge in [0.15, 0.2) is 0 Å². The van der Waals surface area contributed by atoms with Crippen LogP contribution >= 0.6 is 0 Å². The monoisotopic (exact) mass is 293 g/mol. The van der Waals surface area contributed by atoms with Gasteiger partial charge in [0.2, 0.25) is 0 Å². The summed E-state index contributed by atoms with van der Waals surface area (Å²) in [5.41, 5.74) is 6.79. The van der Waals surface area contributed by atoms with Gasteiger partial charge in [-0.2, -0.15) is 0 Å². The van der Waals surface area contributed by atoms with Crippen molar-refractivity contribution in [2.45, 2.75) is 32.0 Å². The third-order valence-corrected chi connectivity index (χ3v) is 3.90. The highest BCUT2D eigenvalue weighted by atomic mass is 16.5. The molecule has 6 nitrogen and oxygen atoms in total. The number of ether oxygens (including phenoxy) is 1. The number of nitrogen functional groups attached to an aromatic ring is 1. The lowest BCUT2D eigenvalue weighted by atomic mass is 9.96. The first-order valence-electron chi connectivity index (χ1n) is 7.22. The minimum absolute atomic E-state index is 0.146. The number of nitrogens with one attached hydrogen (secondary N) is 2. The maximum Gasteiger partial charge on any atom is 0.251 e. The van der Waals surface area contributed by atoms with Crippen molar-refractivity contribution < 1.29 is 14.6 Å². The van der Waals surface area contributed by atoms with Crippen molar-refractivity contribution in [2.24, 2.45) is 0 Å². The van der Waals surface area contributed by atoms with Crippen LogP contribution in [0.5, 0.6) is 0 Å². The van der Waals surface area contributed by atoms with Crippen LogP contribution in [0, 0.1) is 0 Å². The first kappa shape index (κ1) is 15.6. The lowest BCUT2D eigenvalue weighted by molar-refractivity contribution is -0.0175. The van der Waals surface area contributed by atoms with E-state index in [1.807, 2.05) is 13.8 Å². The summed E-state index contributed by atoms with van der Waals surface area (Å²) in [5.74, 6) is -0.146. The van der Waals surface area contributed by atoms with Crippen molar-refractivity contribution in [1.29, 1.82) is 0 Å². The van der Waals surface area contributed by atoms with E-state index in [1.165, 1.54) is 0 Å². The van der Waals surface area contributed by atoms with Gasteiger partial charge in [-0.05, 0) is 32.0 Å². The minimum Gasteiger partial charge on any atom is -0.397 e. The molecule has 0 saturated carbocycles. The highest BCUT2D eigenvalue weighted by Gasteiger charge is 2.39. The second kappa shape index (κ2) is 6.32. The van der Waals surface area contributed by atoms with Crippen molar-refractivity contribution in [1.82, 2.24) is 5.32 Å². The summed E-state index contributed by atoms with van der Waals surface area (Å²) >= 11 is 0. The third-order valence-electron chi connectivity index (χ3n) is 3.90. The SMILES string of the molecule is CCNC(=O)c1ccc(NCC2(O)CCOC2C)c(N)c1. The molecule has 1 aliphatic rings. The Labute approximate surface area is 124 Å². The summed E-state index contributed by atoms with van der Waals surface area (Å²) in [4.78, 5) is 11.7. The lowest BCUT2D eigenvalue weighted by Gasteiger charge is -2.27. The van der Waals surface area contributed by atoms with Crippen molar-refractivity contribution in [3.05, 3.63) is 23.8 Å². The number of hydrogen-bond acceptors (Lipinski definition) is 5. The molecule has 2 unspecified atom stereocenters. The summed E-state index contributed by atoms with van der Waals surface area (Å²) < 4.78 is 5.39. The van der Waals surface area contributed by atoms with E-state index in [-0.39, 0.29) is 12.0 Å². The molecule has 1 heterocycles. The van der Waals surface area contributed by atoms with E-state index in [9.17, 15) is 9.90 Å². The number of amides is 1. The van der Waals surface area contributed by atoms with Crippen LogP contribution in [0.3, 0.4) is 0 Å². The molecule has 1 saturated heterocycles. The summed E-state index contributed by atoms with van der Waals surface area (Å²) in [5, 5.41) is 16.3. The molecule has 5 N–H and O–H groups in total. The summed E-state index contributed by atoms with van der Waals surface area (Å²) in [7, 11) is 0. The fourth-order valence-electron chi connectivity index (χ4n) is 2.38. The molecule has 1 aromatic carbocycles. The number of rotatable bonds is 5. The van der Waals surface area contributed by atoms with E-state index >= 15 is 0 Å². The third kappa shape index (κ3) is 3.46. The number of benzene rings is 1. The van der Waals surface area contributed by atoms with Crippen LogP contribution in [0.4, 0.5) is 11.4 Å². The quantitative estimate of drug-likeness (QED) is 0.607. The van der Waals surface area contributed by atoms with Gasteiger partial charge in [-0.1, -0.05) is 0 Å². The van der Waals surface area contributed by atoms with Crippen LogP contribution in [0.2, 0.25) is 0 Å². The number of aliphatic hydroxyl groups is 1. The highest BCUT2D eigenvalue weighted by Crippen LogP contribution is 2.27. The van der Waals surface area contributed by atoms with Crippen LogP contribution in [0.1, 0.15) is 30.6 Å². The van der Waals surface area contributed by atoms with Crippen molar-refractivity contribution >= 4 is 17.3 Å². The molecular weight excluding hydrogens is 270 g/mol. The van der Waals surface area contributed by atoms with Crippen LogP contribution < -0.4 is 16.4 Å².